The quantitative estimate of drug-likeness (QED) is 0.886. The van der Waals surface area contributed by atoms with Crippen LogP contribution in [-0.4, -0.2) is 37.9 Å². The van der Waals surface area contributed by atoms with Crippen molar-refractivity contribution in [2.45, 2.75) is 23.2 Å². The Morgan fingerprint density at radius 2 is 1.72 bits per heavy atom. The van der Waals surface area contributed by atoms with Crippen LogP contribution in [0.25, 0.3) is 0 Å². The first-order valence-electron chi connectivity index (χ1n) is 5.57. The zero-order valence-corrected chi connectivity index (χ0v) is 11.1. The van der Waals surface area contributed by atoms with Gasteiger partial charge in [0.25, 0.3) is 0 Å². The van der Waals surface area contributed by atoms with Crippen LogP contribution >= 0.6 is 0 Å². The van der Waals surface area contributed by atoms with E-state index >= 15 is 0 Å². The van der Waals surface area contributed by atoms with Gasteiger partial charge in [0.2, 0.25) is 10.0 Å². The molecule has 0 bridgehead atoms. The lowest BCUT2D eigenvalue weighted by atomic mass is 9.96. The Kier molecular flexibility index (Phi) is 2.95. The molecule has 0 saturated heterocycles. The molecule has 0 spiro atoms. The molecule has 0 unspecified atom stereocenters. The highest BCUT2D eigenvalue weighted by molar-refractivity contribution is 7.89. The summed E-state index contributed by atoms with van der Waals surface area (Å²) in [6, 6.07) is 6.12. The molecule has 0 heterocycles. The molecule has 1 aromatic carbocycles. The van der Waals surface area contributed by atoms with E-state index in [4.69, 9.17) is 5.11 Å². The van der Waals surface area contributed by atoms with Crippen molar-refractivity contribution in [1.29, 1.82) is 0 Å². The van der Waals surface area contributed by atoms with Gasteiger partial charge in [0.05, 0.1) is 10.3 Å². The maximum Gasteiger partial charge on any atom is 0.314 e. The van der Waals surface area contributed by atoms with Crippen molar-refractivity contribution in [3.63, 3.8) is 0 Å². The summed E-state index contributed by atoms with van der Waals surface area (Å²) in [6.45, 7) is 0. The van der Waals surface area contributed by atoms with Crippen LogP contribution in [-0.2, 0) is 20.2 Å². The second-order valence-corrected chi connectivity index (χ2v) is 6.85. The van der Waals surface area contributed by atoms with Gasteiger partial charge in [-0.05, 0) is 30.5 Å². The number of nitrogens with zero attached hydrogens (tertiary/aromatic N) is 1. The van der Waals surface area contributed by atoms with Crippen molar-refractivity contribution in [2.24, 2.45) is 0 Å². The normalized spacial score (nSPS) is 17.7. The van der Waals surface area contributed by atoms with Gasteiger partial charge < -0.3 is 5.11 Å². The van der Waals surface area contributed by atoms with E-state index in [0.29, 0.717) is 18.4 Å². The number of sulfonamides is 1. The summed E-state index contributed by atoms with van der Waals surface area (Å²) in [5, 5.41) is 9.15. The fraction of sp³-hybridized carbons (Fsp3) is 0.417. The van der Waals surface area contributed by atoms with Gasteiger partial charge in [-0.1, -0.05) is 12.1 Å². The average molecular weight is 269 g/mol. The molecule has 1 N–H and O–H groups in total. The Bertz CT molecular complexity index is 571. The molecule has 1 aliphatic rings. The van der Waals surface area contributed by atoms with Crippen LogP contribution in [0, 0.1) is 0 Å². The predicted molar refractivity (Wildman–Crippen MR) is 65.9 cm³/mol. The van der Waals surface area contributed by atoms with Crippen molar-refractivity contribution in [3.8, 4) is 0 Å². The zero-order valence-electron chi connectivity index (χ0n) is 10.3. The van der Waals surface area contributed by atoms with Crippen LogP contribution in [0.5, 0.6) is 0 Å². The van der Waals surface area contributed by atoms with E-state index in [2.05, 4.69) is 0 Å². The van der Waals surface area contributed by atoms with Gasteiger partial charge >= 0.3 is 5.97 Å². The molecule has 2 rings (SSSR count). The fourth-order valence-corrected chi connectivity index (χ4v) is 2.81. The first-order chi connectivity index (χ1) is 8.30. The summed E-state index contributed by atoms with van der Waals surface area (Å²) < 4.78 is 24.8. The van der Waals surface area contributed by atoms with E-state index < -0.39 is 21.4 Å². The molecular weight excluding hydrogens is 254 g/mol. The molecule has 1 aliphatic carbocycles. The number of carbonyl (C=O) groups is 1. The van der Waals surface area contributed by atoms with Crippen molar-refractivity contribution in [2.75, 3.05) is 14.1 Å². The molecule has 18 heavy (non-hydrogen) atoms. The average Bonchev–Trinajstić information content (AvgIpc) is 3.10. The molecule has 1 aromatic rings. The Morgan fingerprint density at radius 3 is 2.06 bits per heavy atom. The second-order valence-electron chi connectivity index (χ2n) is 4.70. The maximum absolute atomic E-state index is 11.9. The minimum absolute atomic E-state index is 0.178. The number of aliphatic carboxylic acids is 1. The lowest BCUT2D eigenvalue weighted by Gasteiger charge is -2.13. The summed E-state index contributed by atoms with van der Waals surface area (Å²) in [5.74, 6) is -0.842. The molecule has 1 saturated carbocycles. The van der Waals surface area contributed by atoms with E-state index in [1.807, 2.05) is 0 Å². The molecule has 0 amide bonds. The van der Waals surface area contributed by atoms with E-state index in [1.54, 1.807) is 12.1 Å². The Balaban J connectivity index is 2.35. The number of hydrogen-bond donors (Lipinski definition) is 1. The molecule has 0 atom stereocenters. The smallest absolute Gasteiger partial charge is 0.314 e. The Morgan fingerprint density at radius 1 is 1.22 bits per heavy atom. The first-order valence-corrected chi connectivity index (χ1v) is 7.01. The van der Waals surface area contributed by atoms with Gasteiger partial charge in [-0.15, -0.1) is 0 Å². The third kappa shape index (κ3) is 1.91. The monoisotopic (exact) mass is 269 g/mol. The highest BCUT2D eigenvalue weighted by Crippen LogP contribution is 2.48. The minimum atomic E-state index is -3.45. The van der Waals surface area contributed by atoms with Crippen molar-refractivity contribution in [1.82, 2.24) is 4.31 Å². The standard InChI is InChI=1S/C12H15NO4S/c1-13(2)18(16,17)10-5-3-9(4-6-10)12(7-8-12)11(14)15/h3-6H,7-8H2,1-2H3,(H,14,15). The van der Waals surface area contributed by atoms with Gasteiger partial charge in [-0.3, -0.25) is 4.79 Å². The fourth-order valence-electron chi connectivity index (χ4n) is 1.91. The molecule has 6 heteroatoms. The predicted octanol–water partition coefficient (Wildman–Crippen LogP) is 1.05. The van der Waals surface area contributed by atoms with Crippen molar-refractivity contribution < 1.29 is 18.3 Å². The highest BCUT2D eigenvalue weighted by atomic mass is 32.2. The summed E-state index contributed by atoms with van der Waals surface area (Å²) >= 11 is 0. The van der Waals surface area contributed by atoms with Crippen LogP contribution in [0.15, 0.2) is 29.2 Å². The molecule has 5 nitrogen and oxygen atoms in total. The molecular formula is C12H15NO4S. The highest BCUT2D eigenvalue weighted by Gasteiger charge is 2.51. The molecule has 0 radical (unpaired) electrons. The van der Waals surface area contributed by atoms with Crippen LogP contribution in [0.4, 0.5) is 0 Å². The lowest BCUT2D eigenvalue weighted by molar-refractivity contribution is -0.140. The van der Waals surface area contributed by atoms with Gasteiger partial charge in [0.15, 0.2) is 0 Å². The van der Waals surface area contributed by atoms with Gasteiger partial charge in [0.1, 0.15) is 0 Å². The summed E-state index contributed by atoms with van der Waals surface area (Å²) in [5.41, 5.74) is -0.117. The largest absolute Gasteiger partial charge is 0.481 e. The van der Waals surface area contributed by atoms with Crippen molar-refractivity contribution in [3.05, 3.63) is 29.8 Å². The first kappa shape index (κ1) is 13.0. The van der Waals surface area contributed by atoms with E-state index in [0.717, 1.165) is 4.31 Å². The SMILES string of the molecule is CN(C)S(=O)(=O)c1ccc(C2(C(=O)O)CC2)cc1. The topological polar surface area (TPSA) is 74.7 Å². The summed E-state index contributed by atoms with van der Waals surface area (Å²) in [6.07, 6.45) is 1.23. The third-order valence-corrected chi connectivity index (χ3v) is 5.17. The van der Waals surface area contributed by atoms with E-state index in [9.17, 15) is 13.2 Å². The third-order valence-electron chi connectivity index (χ3n) is 3.34. The number of hydrogen-bond acceptors (Lipinski definition) is 3. The van der Waals surface area contributed by atoms with Crippen LogP contribution < -0.4 is 0 Å². The van der Waals surface area contributed by atoms with Gasteiger partial charge in [0, 0.05) is 14.1 Å². The minimum Gasteiger partial charge on any atom is -0.481 e. The molecule has 1 fully saturated rings. The molecule has 0 aromatic heterocycles. The van der Waals surface area contributed by atoms with Gasteiger partial charge in [-0.25, -0.2) is 12.7 Å². The molecule has 98 valence electrons. The summed E-state index contributed by atoms with van der Waals surface area (Å²) in [4.78, 5) is 11.3. The maximum atomic E-state index is 11.9. The van der Waals surface area contributed by atoms with E-state index in [-0.39, 0.29) is 4.90 Å². The number of carboxylic acid groups (broad SMARTS) is 1. The zero-order chi connectivity index (χ0) is 13.6. The number of benzene rings is 1. The van der Waals surface area contributed by atoms with Gasteiger partial charge in [-0.2, -0.15) is 0 Å². The Hall–Kier alpha value is -1.40. The van der Waals surface area contributed by atoms with Crippen LogP contribution in [0.3, 0.4) is 0 Å². The lowest BCUT2D eigenvalue weighted by Crippen LogP contribution is -2.23. The van der Waals surface area contributed by atoms with Crippen LogP contribution in [0.1, 0.15) is 18.4 Å². The number of carboxylic acids is 1. The van der Waals surface area contributed by atoms with Crippen LogP contribution in [0.2, 0.25) is 0 Å². The Labute approximate surface area is 106 Å². The summed E-state index contributed by atoms with van der Waals surface area (Å²) in [7, 11) is -0.531. The van der Waals surface area contributed by atoms with Crippen molar-refractivity contribution >= 4 is 16.0 Å². The van der Waals surface area contributed by atoms with E-state index in [1.165, 1.54) is 26.2 Å². The number of rotatable bonds is 4. The second kappa shape index (κ2) is 4.07. The molecule has 0 aliphatic heterocycles.